The molecule has 13 unspecified atom stereocenters. The van der Waals surface area contributed by atoms with E-state index in [1.165, 1.54) is 12.2 Å². The molecular weight excluding hydrogens is 684 g/mol. The second kappa shape index (κ2) is 21.1. The summed E-state index contributed by atoms with van der Waals surface area (Å²) >= 11 is 0. The molecule has 2 heterocycles. The molecule has 52 heavy (non-hydrogen) atoms. The topological polar surface area (TPSA) is 256 Å². The zero-order valence-electron chi connectivity index (χ0n) is 29.8. The van der Waals surface area contributed by atoms with E-state index in [2.05, 4.69) is 26.0 Å². The van der Waals surface area contributed by atoms with Gasteiger partial charge in [0.15, 0.2) is 12.4 Å². The van der Waals surface area contributed by atoms with E-state index in [-0.39, 0.29) is 17.0 Å². The van der Waals surface area contributed by atoms with Crippen LogP contribution in [0.2, 0.25) is 0 Å². The monoisotopic (exact) mass is 740 g/mol. The molecule has 0 spiro atoms. The van der Waals surface area contributed by atoms with Crippen LogP contribution < -0.4 is 0 Å². The van der Waals surface area contributed by atoms with Gasteiger partial charge >= 0.3 is 5.97 Å². The Morgan fingerprint density at radius 1 is 0.904 bits per heavy atom. The van der Waals surface area contributed by atoms with Crippen molar-refractivity contribution in [3.63, 3.8) is 0 Å². The van der Waals surface area contributed by atoms with Crippen LogP contribution in [-0.4, -0.2) is 131 Å². The highest BCUT2D eigenvalue weighted by atomic mass is 16.7. The van der Waals surface area contributed by atoms with Crippen molar-refractivity contribution in [1.82, 2.24) is 0 Å². The van der Waals surface area contributed by atoms with Gasteiger partial charge in [-0.3, -0.25) is 0 Å². The first-order valence-electron chi connectivity index (χ1n) is 17.7. The molecule has 3 rings (SSSR count). The van der Waals surface area contributed by atoms with E-state index in [1.807, 2.05) is 6.92 Å². The summed E-state index contributed by atoms with van der Waals surface area (Å²) in [7, 11) is 0. The lowest BCUT2D eigenvalue weighted by Crippen LogP contribution is -2.63. The molecule has 0 amide bonds. The smallest absolute Gasteiger partial charge is 0.331 e. The molecule has 15 nitrogen and oxygen atoms in total. The maximum atomic E-state index is 13.1. The van der Waals surface area contributed by atoms with Crippen molar-refractivity contribution in [1.29, 1.82) is 0 Å². The molecule has 0 aromatic heterocycles. The van der Waals surface area contributed by atoms with Gasteiger partial charge in [-0.05, 0) is 49.1 Å². The minimum Gasteiger partial charge on any atom is -0.508 e. The molecule has 1 aromatic carbocycles. The summed E-state index contributed by atoms with van der Waals surface area (Å²) in [5.41, 5.74) is -0.219. The van der Waals surface area contributed by atoms with Crippen LogP contribution in [0.25, 0.3) is 0 Å². The number of aliphatic hydroxyl groups excluding tert-OH is 8. The third-order valence-corrected chi connectivity index (χ3v) is 9.57. The van der Waals surface area contributed by atoms with Crippen molar-refractivity contribution in [3.8, 4) is 11.5 Å². The van der Waals surface area contributed by atoms with Crippen molar-refractivity contribution < 1.29 is 74.8 Å². The summed E-state index contributed by atoms with van der Waals surface area (Å²) in [5.74, 6) is -1.38. The lowest BCUT2D eigenvalue weighted by atomic mass is 9.88. The Kier molecular flexibility index (Phi) is 17.6. The van der Waals surface area contributed by atoms with Crippen LogP contribution in [0.4, 0.5) is 0 Å². The Labute approximate surface area is 303 Å². The maximum absolute atomic E-state index is 13.1. The average Bonchev–Trinajstić information content (AvgIpc) is 3.12. The maximum Gasteiger partial charge on any atom is 0.331 e. The molecule has 15 heteroatoms. The molecule has 2 saturated heterocycles. The van der Waals surface area contributed by atoms with Gasteiger partial charge in [-0.15, -0.1) is 0 Å². The van der Waals surface area contributed by atoms with E-state index in [0.717, 1.165) is 43.9 Å². The van der Waals surface area contributed by atoms with E-state index in [4.69, 9.17) is 18.9 Å². The Balaban J connectivity index is 1.77. The second-order valence-corrected chi connectivity index (χ2v) is 13.5. The van der Waals surface area contributed by atoms with Crippen LogP contribution in [0.3, 0.4) is 0 Å². The van der Waals surface area contributed by atoms with Crippen molar-refractivity contribution in [2.45, 2.75) is 127 Å². The van der Waals surface area contributed by atoms with Gasteiger partial charge in [0.2, 0.25) is 0 Å². The van der Waals surface area contributed by atoms with Crippen LogP contribution in [0, 0.1) is 11.8 Å². The first-order chi connectivity index (χ1) is 24.8. The first-order valence-corrected chi connectivity index (χ1v) is 17.7. The molecular formula is C37H56O15. The number of phenols is 2. The quantitative estimate of drug-likeness (QED) is 0.0328. The molecule has 1 aromatic rings. The zero-order chi connectivity index (χ0) is 38.5. The fourth-order valence-electron chi connectivity index (χ4n) is 6.14. The first kappa shape index (κ1) is 43.5. The highest BCUT2D eigenvalue weighted by Gasteiger charge is 2.53. The third kappa shape index (κ3) is 11.5. The van der Waals surface area contributed by atoms with Crippen LogP contribution in [0.5, 0.6) is 11.5 Å². The van der Waals surface area contributed by atoms with Gasteiger partial charge in [0.25, 0.3) is 0 Å². The highest BCUT2D eigenvalue weighted by Crippen LogP contribution is 2.42. The summed E-state index contributed by atoms with van der Waals surface area (Å²) < 4.78 is 22.7. The molecule has 0 radical (unpaired) electrons. The SMILES string of the molecule is CCC(C)/C=C/CCCC(C)C(O)C/C=C/C=C\C(=O)OC1C(O)C(c2c(O)cc(O)cc2CO)OC(CO)C1OC1OC(CO)C(O)C(O)C1O. The van der Waals surface area contributed by atoms with Crippen molar-refractivity contribution in [2.75, 3.05) is 13.2 Å². The van der Waals surface area contributed by atoms with Gasteiger partial charge in [-0.25, -0.2) is 4.79 Å². The van der Waals surface area contributed by atoms with Gasteiger partial charge in [0.05, 0.1) is 25.9 Å². The number of hydrogen-bond donors (Lipinski definition) is 10. The summed E-state index contributed by atoms with van der Waals surface area (Å²) in [6.07, 6.45) is -3.23. The Morgan fingerprint density at radius 3 is 2.27 bits per heavy atom. The summed E-state index contributed by atoms with van der Waals surface area (Å²) in [5, 5.41) is 104. The van der Waals surface area contributed by atoms with E-state index < -0.39 is 105 Å². The highest BCUT2D eigenvalue weighted by molar-refractivity contribution is 5.82. The zero-order valence-corrected chi connectivity index (χ0v) is 29.8. The van der Waals surface area contributed by atoms with Crippen molar-refractivity contribution in [2.24, 2.45) is 11.8 Å². The predicted molar refractivity (Wildman–Crippen MR) is 185 cm³/mol. The van der Waals surface area contributed by atoms with Gasteiger partial charge < -0.3 is 70.0 Å². The van der Waals surface area contributed by atoms with Gasteiger partial charge in [-0.1, -0.05) is 57.6 Å². The number of aliphatic hydroxyl groups is 8. The number of hydrogen-bond acceptors (Lipinski definition) is 15. The molecule has 294 valence electrons. The molecule has 10 N–H and O–H groups in total. The summed E-state index contributed by atoms with van der Waals surface area (Å²) in [6, 6.07) is 2.06. The van der Waals surface area contributed by atoms with Gasteiger partial charge in [0, 0.05) is 17.7 Å². The largest absolute Gasteiger partial charge is 0.508 e. The van der Waals surface area contributed by atoms with Crippen LogP contribution >= 0.6 is 0 Å². The normalized spacial score (nSPS) is 31.7. The number of rotatable bonds is 18. The van der Waals surface area contributed by atoms with Crippen LogP contribution in [0.1, 0.15) is 70.1 Å². The number of carbonyl (C=O) groups is 1. The van der Waals surface area contributed by atoms with Crippen molar-refractivity contribution >= 4 is 5.97 Å². The van der Waals surface area contributed by atoms with Gasteiger partial charge in [-0.2, -0.15) is 0 Å². The molecule has 2 aliphatic heterocycles. The molecule has 0 saturated carbocycles. The second-order valence-electron chi connectivity index (χ2n) is 13.5. The Bertz CT molecular complexity index is 1330. The Morgan fingerprint density at radius 2 is 1.62 bits per heavy atom. The standard InChI is InChI=1S/C37H56O15/c1-4-20(2)11-7-5-8-12-21(3)24(42)13-9-6-10-14-28(44)51-36-33(48)35(29-22(17-38)15-23(41)16-25(29)43)49-27(19-40)34(36)52-37-32(47)31(46)30(45)26(18-39)50-37/h6-7,9-11,14-16,20-21,24,26-27,30-43,45-48H,4-5,8,12-13,17-19H2,1-3H3/b9-6+,11-7+,14-10-. The van der Waals surface area contributed by atoms with Gasteiger partial charge in [0.1, 0.15) is 60.3 Å². The van der Waals surface area contributed by atoms with E-state index >= 15 is 0 Å². The number of carbonyl (C=O) groups excluding carboxylic acids is 1. The number of aromatic hydroxyl groups is 2. The number of benzene rings is 1. The minimum atomic E-state index is -1.89. The molecule has 2 aliphatic rings. The number of esters is 1. The predicted octanol–water partition coefficient (Wildman–Crippen LogP) is 0.752. The number of allylic oxidation sites excluding steroid dienone is 4. The lowest BCUT2D eigenvalue weighted by molar-refractivity contribution is -0.343. The molecule has 13 atom stereocenters. The number of phenolic OH excluding ortho intramolecular Hbond substituents is 2. The fraction of sp³-hybridized carbons (Fsp3) is 0.649. The van der Waals surface area contributed by atoms with Crippen LogP contribution in [0.15, 0.2) is 48.6 Å². The Hall–Kier alpha value is -2.93. The number of unbranched alkanes of at least 4 members (excludes halogenated alkanes) is 1. The minimum absolute atomic E-state index is 0.0448. The lowest BCUT2D eigenvalue weighted by Gasteiger charge is -2.47. The molecule has 0 bridgehead atoms. The fourth-order valence-corrected chi connectivity index (χ4v) is 6.14. The van der Waals surface area contributed by atoms with E-state index in [1.54, 1.807) is 6.08 Å². The number of ether oxygens (including phenoxy) is 4. The van der Waals surface area contributed by atoms with E-state index in [0.29, 0.717) is 12.3 Å². The summed E-state index contributed by atoms with van der Waals surface area (Å²) in [6.45, 7) is 3.97. The van der Waals surface area contributed by atoms with Crippen LogP contribution in [-0.2, 0) is 30.3 Å². The summed E-state index contributed by atoms with van der Waals surface area (Å²) in [4.78, 5) is 13.1. The molecule has 2 fully saturated rings. The van der Waals surface area contributed by atoms with Crippen molar-refractivity contribution in [3.05, 3.63) is 59.7 Å². The molecule has 0 aliphatic carbocycles. The third-order valence-electron chi connectivity index (χ3n) is 9.57. The average molecular weight is 741 g/mol. The van der Waals surface area contributed by atoms with E-state index in [9.17, 15) is 55.9 Å².